The van der Waals surface area contributed by atoms with Gasteiger partial charge < -0.3 is 19.1 Å². The predicted octanol–water partition coefficient (Wildman–Crippen LogP) is 19.6. The Labute approximate surface area is 504 Å². The number of fused-ring (bicyclic) bond motifs is 12. The summed E-state index contributed by atoms with van der Waals surface area (Å²) in [5.41, 5.74) is 21.8. The van der Waals surface area contributed by atoms with Crippen LogP contribution in [-0.4, -0.2) is 14.5 Å². The van der Waals surface area contributed by atoms with E-state index in [4.69, 9.17) is 14.7 Å². The van der Waals surface area contributed by atoms with Gasteiger partial charge in [0.2, 0.25) is 0 Å². The minimum Gasteiger partial charge on any atom is -0.509 e. The monoisotopic (exact) mass is 1260 g/mol. The van der Waals surface area contributed by atoms with Crippen molar-refractivity contribution < 1.29 is 25.8 Å². The summed E-state index contributed by atoms with van der Waals surface area (Å²) in [6.45, 7) is 30.9. The maximum absolute atomic E-state index is 7.15. The molecule has 11 aromatic rings. The molecule has 0 saturated heterocycles. The van der Waals surface area contributed by atoms with Crippen LogP contribution in [-0.2, 0) is 48.1 Å². The molecule has 0 bridgehead atoms. The van der Waals surface area contributed by atoms with Crippen LogP contribution in [0, 0.1) is 18.8 Å². The molecule has 0 N–H and O–H groups in total. The third kappa shape index (κ3) is 8.44. The molecule has 6 nitrogen and oxygen atoms in total. The van der Waals surface area contributed by atoms with Gasteiger partial charge in [-0.1, -0.05) is 216 Å². The zero-order valence-corrected chi connectivity index (χ0v) is 51.7. The molecule has 8 aromatic carbocycles. The number of ether oxygens (including phenoxy) is 1. The van der Waals surface area contributed by atoms with E-state index in [-0.39, 0.29) is 42.7 Å². The Morgan fingerprint density at radius 3 is 1.63 bits per heavy atom. The Balaban J connectivity index is 0.00000645. The van der Waals surface area contributed by atoms with Gasteiger partial charge in [0.15, 0.2) is 0 Å². The number of nitrogens with zero attached hydrogens (tertiary/aromatic N) is 5. The molecule has 3 aliphatic rings. The van der Waals surface area contributed by atoms with E-state index in [9.17, 15) is 0 Å². The van der Waals surface area contributed by atoms with Crippen molar-refractivity contribution in [2.24, 2.45) is 0 Å². The SMILES string of the molecule is CC(C)(C)c1cc2c(c(C(C)(C)C)c1)C1(c3ccc(Oc4[c-]c5c(cc4)c4ccccc4n5-c4ccccn4)[c-]c3N3[CH-]N(c4c(-c5ccccc5)cncc4-c4ccccc4)c4cccc1c43)c1c-2cc(C(C)(C)C)cc1C(C)(C)C.[Pt]. The topological polar surface area (TPSA) is 46.4 Å². The number of hydrogen-bond acceptors (Lipinski definition) is 5. The van der Waals surface area contributed by atoms with Crippen LogP contribution < -0.4 is 14.5 Å². The van der Waals surface area contributed by atoms with Crippen molar-refractivity contribution in [1.82, 2.24) is 14.5 Å². The largest absolute Gasteiger partial charge is 0.509 e. The second-order valence-electron chi connectivity index (χ2n) is 26.8. The van der Waals surface area contributed by atoms with Gasteiger partial charge in [-0.05, 0) is 113 Å². The number of rotatable bonds is 6. The van der Waals surface area contributed by atoms with Gasteiger partial charge in [0.25, 0.3) is 0 Å². The first-order chi connectivity index (χ1) is 39.2. The van der Waals surface area contributed by atoms with E-state index >= 15 is 0 Å². The number of para-hydroxylation sites is 2. The minimum absolute atomic E-state index is 0. The molecule has 0 saturated carbocycles. The maximum atomic E-state index is 7.15. The minimum atomic E-state index is -0.809. The zero-order valence-electron chi connectivity index (χ0n) is 49.4. The average molecular weight is 1260 g/mol. The molecule has 7 heteroatoms. The molecular weight excluding hydrogens is 1190 g/mol. The maximum Gasteiger partial charge on any atom is 0.135 e. The summed E-state index contributed by atoms with van der Waals surface area (Å²) < 4.78 is 9.33. The Hall–Kier alpha value is -8.05. The first kappa shape index (κ1) is 54.2. The number of aromatic nitrogens is 3. The van der Waals surface area contributed by atoms with Crippen LogP contribution >= 0.6 is 0 Å². The molecule has 0 radical (unpaired) electrons. The fraction of sp³-hybridized carbons (Fsp3) is 0.224. The van der Waals surface area contributed by atoms with Gasteiger partial charge in [-0.15, -0.1) is 41.9 Å². The Morgan fingerprint density at radius 1 is 0.482 bits per heavy atom. The molecule has 3 aromatic heterocycles. The van der Waals surface area contributed by atoms with Crippen molar-refractivity contribution in [2.75, 3.05) is 9.80 Å². The standard InChI is InChI=1S/C76H68N5O.Pt/c1-72(2,3)49-38-55-56-39-50(73(4,5)6)41-62(75(10,11)12)69(56)76(68(55)61(40-49)74(7,8)9)59-36-34-52(82-51-33-35-54-53-28-19-20-30-63(53)81(65(54)42-51)67-32-21-22-37-78-67)43-66(59)80-46-79(64-31-23-29-60(76)71(64)80)70-57(47-24-15-13-16-25-47)44-77-45-58(70)48-26-17-14-18-27-48;/h13-41,44-46H,1-12H3;/q-3;. The summed E-state index contributed by atoms with van der Waals surface area (Å²) in [6, 6.07) is 69.6. The third-order valence-corrected chi connectivity index (χ3v) is 17.3. The van der Waals surface area contributed by atoms with Gasteiger partial charge in [-0.2, -0.15) is 12.1 Å². The Kier molecular flexibility index (Phi) is 12.6. The predicted molar refractivity (Wildman–Crippen MR) is 339 cm³/mol. The zero-order chi connectivity index (χ0) is 56.8. The molecule has 0 fully saturated rings. The van der Waals surface area contributed by atoms with E-state index in [1.165, 1.54) is 50.1 Å². The van der Waals surface area contributed by atoms with Crippen molar-refractivity contribution in [3.63, 3.8) is 0 Å². The third-order valence-electron chi connectivity index (χ3n) is 17.3. The van der Waals surface area contributed by atoms with E-state index in [1.807, 2.05) is 42.9 Å². The van der Waals surface area contributed by atoms with Crippen molar-refractivity contribution in [1.29, 1.82) is 0 Å². The smallest absolute Gasteiger partial charge is 0.135 e. The van der Waals surface area contributed by atoms with Gasteiger partial charge in [0.05, 0.1) is 0 Å². The summed E-state index contributed by atoms with van der Waals surface area (Å²) in [5, 5.41) is 2.21. The molecule has 0 atom stereocenters. The molecule has 14 rings (SSSR count). The van der Waals surface area contributed by atoms with E-state index < -0.39 is 5.41 Å². The van der Waals surface area contributed by atoms with E-state index in [2.05, 4.69) is 262 Å². The normalized spacial score (nSPS) is 14.2. The van der Waals surface area contributed by atoms with Gasteiger partial charge in [0.1, 0.15) is 5.82 Å². The van der Waals surface area contributed by atoms with E-state index in [1.54, 1.807) is 0 Å². The molecule has 5 heterocycles. The fourth-order valence-corrected chi connectivity index (χ4v) is 13.4. The number of benzene rings is 8. The van der Waals surface area contributed by atoms with Crippen LogP contribution in [0.5, 0.6) is 11.5 Å². The quantitative estimate of drug-likeness (QED) is 0.155. The molecule has 0 amide bonds. The molecule has 1 spiro atoms. The molecule has 0 unspecified atom stereocenters. The van der Waals surface area contributed by atoms with E-state index in [0.717, 1.165) is 78.2 Å². The molecule has 1 aliphatic carbocycles. The van der Waals surface area contributed by atoms with Crippen LogP contribution in [0.1, 0.15) is 128 Å². The van der Waals surface area contributed by atoms with Gasteiger partial charge >= 0.3 is 0 Å². The summed E-state index contributed by atoms with van der Waals surface area (Å²) >= 11 is 0. The number of pyridine rings is 2. The van der Waals surface area contributed by atoms with Crippen LogP contribution in [0.15, 0.2) is 188 Å². The van der Waals surface area contributed by atoms with Crippen molar-refractivity contribution in [3.8, 4) is 50.7 Å². The van der Waals surface area contributed by atoms with Crippen LogP contribution in [0.4, 0.5) is 22.7 Å². The first-order valence-corrected chi connectivity index (χ1v) is 28.9. The molecular formula is C76H68N5OPt-3. The van der Waals surface area contributed by atoms with Crippen molar-refractivity contribution in [3.05, 3.63) is 252 Å². The second kappa shape index (κ2) is 19.3. The first-order valence-electron chi connectivity index (χ1n) is 28.9. The molecule has 2 aliphatic heterocycles. The summed E-state index contributed by atoms with van der Waals surface area (Å²) in [5.74, 6) is 2.00. The summed E-state index contributed by atoms with van der Waals surface area (Å²) in [7, 11) is 0. The summed E-state index contributed by atoms with van der Waals surface area (Å²) in [6.07, 6.45) is 5.90. The van der Waals surface area contributed by atoms with Crippen LogP contribution in [0.3, 0.4) is 0 Å². The fourth-order valence-electron chi connectivity index (χ4n) is 13.4. The number of hydrogen-bond donors (Lipinski definition) is 0. The second-order valence-corrected chi connectivity index (χ2v) is 26.8. The summed E-state index contributed by atoms with van der Waals surface area (Å²) in [4.78, 5) is 14.6. The van der Waals surface area contributed by atoms with Gasteiger partial charge in [-0.25, -0.2) is 4.98 Å². The van der Waals surface area contributed by atoms with Crippen molar-refractivity contribution in [2.45, 2.75) is 110 Å². The number of anilines is 4. The van der Waals surface area contributed by atoms with E-state index in [0.29, 0.717) is 11.5 Å². The van der Waals surface area contributed by atoms with Crippen LogP contribution in [0.2, 0.25) is 0 Å². The Bertz CT molecular complexity index is 4240. The van der Waals surface area contributed by atoms with Gasteiger partial charge in [0, 0.05) is 90.3 Å². The molecule has 83 heavy (non-hydrogen) atoms. The van der Waals surface area contributed by atoms with Gasteiger partial charge in [-0.3, -0.25) is 4.98 Å². The van der Waals surface area contributed by atoms with Crippen LogP contribution in [0.25, 0.3) is 61.0 Å². The Morgan fingerprint density at radius 2 is 1.05 bits per heavy atom. The van der Waals surface area contributed by atoms with Crippen molar-refractivity contribution >= 4 is 44.6 Å². The average Bonchev–Trinajstić information content (AvgIpc) is 1.59. The molecule has 416 valence electrons.